The number of hydroxylamine groups is 1. The Hall–Kier alpha value is -0.420. The molecule has 0 aliphatic rings. The van der Waals surface area contributed by atoms with Gasteiger partial charge in [0.05, 0.1) is 0 Å². The molecule has 1 N–H and O–H groups in total. The van der Waals surface area contributed by atoms with E-state index in [0.29, 0.717) is 0 Å². The highest BCUT2D eigenvalue weighted by atomic mass is 79.9. The zero-order valence-electron chi connectivity index (χ0n) is 5.28. The maximum Gasteiger partial charge on any atom is 0.241 e. The predicted octanol–water partition coefficient (Wildman–Crippen LogP) is 1.36. The van der Waals surface area contributed by atoms with Crippen molar-refractivity contribution in [3.63, 3.8) is 0 Å². The van der Waals surface area contributed by atoms with Gasteiger partial charge in [-0.2, -0.15) is 0 Å². The molecule has 0 aromatic carbocycles. The molecule has 0 atom stereocenters. The molecule has 0 amide bonds. The standard InChI is InChI=1S/C5H6BrN2OS/c1-8(9)2-4-3-10-5(6)7-4/h2-3,9H,1H3/q+1/b8-2+. The van der Waals surface area contributed by atoms with Crippen LogP contribution >= 0.6 is 27.3 Å². The SMILES string of the molecule is C/[N+](O)=C\c1csc(Br)n1. The summed E-state index contributed by atoms with van der Waals surface area (Å²) in [5.41, 5.74) is 0.752. The van der Waals surface area contributed by atoms with E-state index in [9.17, 15) is 0 Å². The Morgan fingerprint density at radius 1 is 1.90 bits per heavy atom. The van der Waals surface area contributed by atoms with Gasteiger partial charge < -0.3 is 0 Å². The van der Waals surface area contributed by atoms with Crippen LogP contribution in [0.2, 0.25) is 0 Å². The van der Waals surface area contributed by atoms with Crippen LogP contribution in [-0.2, 0) is 0 Å². The van der Waals surface area contributed by atoms with E-state index in [1.807, 2.05) is 5.38 Å². The van der Waals surface area contributed by atoms with Crippen LogP contribution in [0.1, 0.15) is 5.69 Å². The number of nitrogens with zero attached hydrogens (tertiary/aromatic N) is 2. The van der Waals surface area contributed by atoms with Crippen molar-refractivity contribution in [3.05, 3.63) is 15.0 Å². The van der Waals surface area contributed by atoms with Crippen molar-refractivity contribution in [1.29, 1.82) is 0 Å². The zero-order valence-corrected chi connectivity index (χ0v) is 7.69. The summed E-state index contributed by atoms with van der Waals surface area (Å²) in [6.07, 6.45) is 1.53. The third kappa shape index (κ3) is 2.07. The van der Waals surface area contributed by atoms with E-state index in [1.54, 1.807) is 0 Å². The van der Waals surface area contributed by atoms with Crippen LogP contribution in [0.15, 0.2) is 9.30 Å². The lowest BCUT2D eigenvalue weighted by Crippen LogP contribution is -2.00. The van der Waals surface area contributed by atoms with Crippen molar-refractivity contribution in [2.24, 2.45) is 0 Å². The minimum absolute atomic E-state index is 0.752. The van der Waals surface area contributed by atoms with E-state index in [0.717, 1.165) is 14.3 Å². The van der Waals surface area contributed by atoms with Crippen LogP contribution in [0.5, 0.6) is 0 Å². The van der Waals surface area contributed by atoms with Gasteiger partial charge in [0.2, 0.25) is 6.21 Å². The molecule has 1 rings (SSSR count). The summed E-state index contributed by atoms with van der Waals surface area (Å²) in [5, 5.41) is 10.6. The van der Waals surface area contributed by atoms with Gasteiger partial charge in [0, 0.05) is 5.38 Å². The number of hydrogen-bond donors (Lipinski definition) is 1. The molecular weight excluding hydrogens is 216 g/mol. The van der Waals surface area contributed by atoms with Crippen LogP contribution in [0.4, 0.5) is 0 Å². The van der Waals surface area contributed by atoms with Gasteiger partial charge in [0.25, 0.3) is 0 Å². The normalized spacial score (nSPS) is 12.0. The Morgan fingerprint density at radius 2 is 2.60 bits per heavy atom. The first-order chi connectivity index (χ1) is 4.68. The maximum absolute atomic E-state index is 8.74. The highest BCUT2D eigenvalue weighted by Gasteiger charge is 1.99. The summed E-state index contributed by atoms with van der Waals surface area (Å²) in [5.74, 6) is 0. The van der Waals surface area contributed by atoms with E-state index >= 15 is 0 Å². The maximum atomic E-state index is 8.74. The average molecular weight is 222 g/mol. The lowest BCUT2D eigenvalue weighted by molar-refractivity contribution is -0.751. The van der Waals surface area contributed by atoms with E-state index < -0.39 is 0 Å². The van der Waals surface area contributed by atoms with E-state index in [2.05, 4.69) is 20.9 Å². The quantitative estimate of drug-likeness (QED) is 0.337. The molecule has 1 aromatic rings. The molecule has 0 fully saturated rings. The van der Waals surface area contributed by atoms with Crippen LogP contribution in [-0.4, -0.2) is 28.2 Å². The van der Waals surface area contributed by atoms with Crippen molar-refractivity contribution in [2.45, 2.75) is 0 Å². The minimum Gasteiger partial charge on any atom is -0.291 e. The van der Waals surface area contributed by atoms with Crippen molar-refractivity contribution in [1.82, 2.24) is 4.98 Å². The Kier molecular flexibility index (Phi) is 2.39. The molecule has 0 unspecified atom stereocenters. The van der Waals surface area contributed by atoms with Crippen molar-refractivity contribution in [2.75, 3.05) is 7.05 Å². The molecule has 0 aliphatic heterocycles. The molecule has 0 saturated heterocycles. The number of aromatic nitrogens is 1. The van der Waals surface area contributed by atoms with Gasteiger partial charge in [0.1, 0.15) is 5.69 Å². The molecular formula is C5H6BrN2OS+. The Bertz CT molecular complexity index is 254. The van der Waals surface area contributed by atoms with Crippen molar-refractivity contribution < 1.29 is 9.95 Å². The van der Waals surface area contributed by atoms with Gasteiger partial charge in [-0.25, -0.2) is 4.98 Å². The Balaban J connectivity index is 2.86. The number of halogens is 1. The summed E-state index contributed by atoms with van der Waals surface area (Å²) in [7, 11) is 1.53. The summed E-state index contributed by atoms with van der Waals surface area (Å²) < 4.78 is 1.79. The molecule has 0 aliphatic carbocycles. The molecule has 1 aromatic heterocycles. The molecule has 0 radical (unpaired) electrons. The third-order valence-corrected chi connectivity index (χ3v) is 2.20. The summed E-state index contributed by atoms with van der Waals surface area (Å²) in [6, 6.07) is 0. The lowest BCUT2D eigenvalue weighted by Gasteiger charge is -1.77. The van der Waals surface area contributed by atoms with Gasteiger partial charge in [-0.15, -0.1) is 11.3 Å². The van der Waals surface area contributed by atoms with Crippen LogP contribution in [0, 0.1) is 0 Å². The largest absolute Gasteiger partial charge is 0.291 e. The number of hydrogen-bond acceptors (Lipinski definition) is 3. The van der Waals surface area contributed by atoms with Gasteiger partial charge in [-0.3, -0.25) is 5.21 Å². The minimum atomic E-state index is 0.752. The first kappa shape index (κ1) is 7.68. The Morgan fingerprint density at radius 3 is 3.00 bits per heavy atom. The smallest absolute Gasteiger partial charge is 0.241 e. The first-order valence-corrected chi connectivity index (χ1v) is 4.23. The third-order valence-electron chi connectivity index (χ3n) is 0.813. The molecule has 54 valence electrons. The van der Waals surface area contributed by atoms with Gasteiger partial charge in [0.15, 0.2) is 11.0 Å². The molecule has 5 heteroatoms. The molecule has 3 nitrogen and oxygen atoms in total. The average Bonchev–Trinajstić information content (AvgIpc) is 2.13. The second-order valence-electron chi connectivity index (χ2n) is 1.73. The fourth-order valence-corrected chi connectivity index (χ4v) is 1.49. The summed E-state index contributed by atoms with van der Waals surface area (Å²) in [4.78, 5) is 4.03. The number of thiazole rings is 1. The molecule has 0 saturated carbocycles. The second-order valence-corrected chi connectivity index (χ2v) is 3.86. The highest BCUT2D eigenvalue weighted by molar-refractivity contribution is 9.11. The van der Waals surface area contributed by atoms with Crippen LogP contribution in [0.3, 0.4) is 0 Å². The van der Waals surface area contributed by atoms with Crippen molar-refractivity contribution in [3.8, 4) is 0 Å². The molecule has 10 heavy (non-hydrogen) atoms. The summed E-state index contributed by atoms with van der Waals surface area (Å²) in [6.45, 7) is 0. The van der Waals surface area contributed by atoms with Crippen molar-refractivity contribution >= 4 is 33.5 Å². The fourth-order valence-electron chi connectivity index (χ4n) is 0.514. The van der Waals surface area contributed by atoms with Crippen LogP contribution in [0.25, 0.3) is 0 Å². The Labute approximate surface area is 70.7 Å². The van der Waals surface area contributed by atoms with E-state index in [-0.39, 0.29) is 0 Å². The monoisotopic (exact) mass is 221 g/mol. The van der Waals surface area contributed by atoms with E-state index in [4.69, 9.17) is 5.21 Å². The summed E-state index contributed by atoms with van der Waals surface area (Å²) >= 11 is 4.69. The van der Waals surface area contributed by atoms with E-state index in [1.165, 1.54) is 24.6 Å². The first-order valence-electron chi connectivity index (χ1n) is 2.56. The zero-order chi connectivity index (χ0) is 7.56. The fraction of sp³-hybridized carbons (Fsp3) is 0.200. The number of rotatable bonds is 1. The van der Waals surface area contributed by atoms with Gasteiger partial charge >= 0.3 is 0 Å². The lowest BCUT2D eigenvalue weighted by atomic mass is 10.5. The van der Waals surface area contributed by atoms with Gasteiger partial charge in [-0.1, -0.05) is 0 Å². The second kappa shape index (κ2) is 3.12. The predicted molar refractivity (Wildman–Crippen MR) is 43.0 cm³/mol. The van der Waals surface area contributed by atoms with Crippen LogP contribution < -0.4 is 0 Å². The topological polar surface area (TPSA) is 36.1 Å². The molecule has 1 heterocycles. The molecule has 0 bridgehead atoms. The molecule has 0 spiro atoms. The highest BCUT2D eigenvalue weighted by Crippen LogP contribution is 2.14. The van der Waals surface area contributed by atoms with Gasteiger partial charge in [-0.05, 0) is 20.7 Å².